The van der Waals surface area contributed by atoms with E-state index in [4.69, 9.17) is 10.5 Å². The zero-order chi connectivity index (χ0) is 10.6. The summed E-state index contributed by atoms with van der Waals surface area (Å²) in [6.07, 6.45) is 1.93. The third-order valence-electron chi connectivity index (χ3n) is 2.84. The van der Waals surface area contributed by atoms with Crippen LogP contribution >= 0.6 is 11.3 Å². The number of ether oxygens (including phenoxy) is 1. The molecule has 1 saturated heterocycles. The zero-order valence-electron chi connectivity index (χ0n) is 8.87. The summed E-state index contributed by atoms with van der Waals surface area (Å²) in [6, 6.07) is 4.22. The van der Waals surface area contributed by atoms with Gasteiger partial charge in [0.2, 0.25) is 0 Å². The highest BCUT2D eigenvalue weighted by molar-refractivity contribution is 7.09. The first kappa shape index (κ1) is 11.1. The molecule has 2 heterocycles. The maximum atomic E-state index is 6.26. The van der Waals surface area contributed by atoms with Crippen LogP contribution in [-0.4, -0.2) is 25.3 Å². The Bertz CT molecular complexity index is 281. The molecule has 2 rings (SSSR count). The lowest BCUT2D eigenvalue weighted by molar-refractivity contribution is 0.0531. The van der Waals surface area contributed by atoms with E-state index in [0.29, 0.717) is 0 Å². The summed E-state index contributed by atoms with van der Waals surface area (Å²) in [5, 5.41) is 5.53. The fraction of sp³-hybridized carbons (Fsp3) is 0.636. The molecule has 1 aliphatic heterocycles. The molecular formula is C11H18N2OS. The summed E-state index contributed by atoms with van der Waals surface area (Å²) in [5.41, 5.74) is 6.20. The van der Waals surface area contributed by atoms with Crippen molar-refractivity contribution < 1.29 is 4.74 Å². The SMILES string of the molecule is NC1(CNCc2cccs2)CCOCC1. The molecule has 0 aliphatic carbocycles. The molecule has 0 unspecified atom stereocenters. The molecule has 84 valence electrons. The second-order valence-corrected chi connectivity index (χ2v) is 5.19. The molecule has 0 amide bonds. The van der Waals surface area contributed by atoms with E-state index < -0.39 is 0 Å². The van der Waals surface area contributed by atoms with Gasteiger partial charge in [0, 0.05) is 36.7 Å². The van der Waals surface area contributed by atoms with Crippen molar-refractivity contribution in [2.75, 3.05) is 19.8 Å². The average molecular weight is 226 g/mol. The van der Waals surface area contributed by atoms with Crippen LogP contribution in [0.1, 0.15) is 17.7 Å². The molecule has 0 radical (unpaired) electrons. The zero-order valence-corrected chi connectivity index (χ0v) is 9.69. The number of thiophene rings is 1. The molecular weight excluding hydrogens is 208 g/mol. The molecule has 4 heteroatoms. The van der Waals surface area contributed by atoms with Crippen LogP contribution < -0.4 is 11.1 Å². The lowest BCUT2D eigenvalue weighted by Crippen LogP contribution is -2.52. The molecule has 0 atom stereocenters. The van der Waals surface area contributed by atoms with Crippen LogP contribution in [0.4, 0.5) is 0 Å². The van der Waals surface area contributed by atoms with Gasteiger partial charge in [-0.05, 0) is 24.3 Å². The molecule has 1 fully saturated rings. The van der Waals surface area contributed by atoms with Gasteiger partial charge in [-0.15, -0.1) is 11.3 Å². The Balaban J connectivity index is 1.72. The van der Waals surface area contributed by atoms with Gasteiger partial charge in [0.05, 0.1) is 0 Å². The highest BCUT2D eigenvalue weighted by Gasteiger charge is 2.27. The summed E-state index contributed by atoms with van der Waals surface area (Å²) in [7, 11) is 0. The molecule has 1 aromatic heterocycles. The van der Waals surface area contributed by atoms with Crippen LogP contribution in [0.15, 0.2) is 17.5 Å². The van der Waals surface area contributed by atoms with Gasteiger partial charge in [-0.25, -0.2) is 0 Å². The third kappa shape index (κ3) is 3.28. The number of nitrogens with one attached hydrogen (secondary N) is 1. The van der Waals surface area contributed by atoms with Crippen molar-refractivity contribution in [1.82, 2.24) is 5.32 Å². The van der Waals surface area contributed by atoms with Crippen LogP contribution in [0.5, 0.6) is 0 Å². The minimum atomic E-state index is -0.0600. The van der Waals surface area contributed by atoms with E-state index in [-0.39, 0.29) is 5.54 Å². The number of rotatable bonds is 4. The van der Waals surface area contributed by atoms with Crippen LogP contribution in [0.3, 0.4) is 0 Å². The highest BCUT2D eigenvalue weighted by Crippen LogP contribution is 2.17. The molecule has 1 aromatic rings. The Morgan fingerprint density at radius 2 is 2.27 bits per heavy atom. The van der Waals surface area contributed by atoms with E-state index in [2.05, 4.69) is 22.8 Å². The summed E-state index contributed by atoms with van der Waals surface area (Å²) < 4.78 is 5.31. The van der Waals surface area contributed by atoms with E-state index in [1.165, 1.54) is 4.88 Å². The van der Waals surface area contributed by atoms with Gasteiger partial charge in [-0.1, -0.05) is 6.07 Å². The summed E-state index contributed by atoms with van der Waals surface area (Å²) >= 11 is 1.78. The lowest BCUT2D eigenvalue weighted by atomic mass is 9.91. The van der Waals surface area contributed by atoms with Crippen LogP contribution in [0.25, 0.3) is 0 Å². The number of hydrogen-bond acceptors (Lipinski definition) is 4. The van der Waals surface area contributed by atoms with Crippen molar-refractivity contribution in [2.24, 2.45) is 5.73 Å². The summed E-state index contributed by atoms with van der Waals surface area (Å²) in [4.78, 5) is 1.37. The van der Waals surface area contributed by atoms with Gasteiger partial charge in [-0.3, -0.25) is 0 Å². The summed E-state index contributed by atoms with van der Waals surface area (Å²) in [6.45, 7) is 3.42. The van der Waals surface area contributed by atoms with E-state index in [1.54, 1.807) is 11.3 Å². The Kier molecular flexibility index (Phi) is 3.75. The summed E-state index contributed by atoms with van der Waals surface area (Å²) in [5.74, 6) is 0. The molecule has 0 bridgehead atoms. The third-order valence-corrected chi connectivity index (χ3v) is 3.72. The molecule has 0 aromatic carbocycles. The van der Waals surface area contributed by atoms with Crippen molar-refractivity contribution in [3.05, 3.63) is 22.4 Å². The van der Waals surface area contributed by atoms with Crippen LogP contribution in [0, 0.1) is 0 Å². The van der Waals surface area contributed by atoms with E-state index in [1.807, 2.05) is 0 Å². The quantitative estimate of drug-likeness (QED) is 0.814. The molecule has 0 spiro atoms. The van der Waals surface area contributed by atoms with E-state index in [0.717, 1.165) is 39.1 Å². The van der Waals surface area contributed by atoms with E-state index in [9.17, 15) is 0 Å². The van der Waals surface area contributed by atoms with Crippen molar-refractivity contribution in [1.29, 1.82) is 0 Å². The van der Waals surface area contributed by atoms with Crippen molar-refractivity contribution in [3.63, 3.8) is 0 Å². The normalized spacial score (nSPS) is 20.3. The first-order chi connectivity index (χ1) is 7.29. The fourth-order valence-corrected chi connectivity index (χ4v) is 2.48. The first-order valence-electron chi connectivity index (χ1n) is 5.38. The number of hydrogen-bond donors (Lipinski definition) is 2. The van der Waals surface area contributed by atoms with Gasteiger partial charge >= 0.3 is 0 Å². The number of nitrogens with two attached hydrogens (primary N) is 1. The maximum absolute atomic E-state index is 6.26. The van der Waals surface area contributed by atoms with Gasteiger partial charge in [0.15, 0.2) is 0 Å². The van der Waals surface area contributed by atoms with Gasteiger partial charge in [-0.2, -0.15) is 0 Å². The second kappa shape index (κ2) is 5.07. The van der Waals surface area contributed by atoms with Gasteiger partial charge in [0.1, 0.15) is 0 Å². The Morgan fingerprint density at radius 1 is 1.47 bits per heavy atom. The predicted octanol–water partition coefficient (Wildman–Crippen LogP) is 1.35. The standard InChI is InChI=1S/C11H18N2OS/c12-11(3-5-14-6-4-11)9-13-8-10-2-1-7-15-10/h1-2,7,13H,3-6,8-9,12H2. The molecule has 15 heavy (non-hydrogen) atoms. The average Bonchev–Trinajstić information content (AvgIpc) is 2.71. The largest absolute Gasteiger partial charge is 0.381 e. The molecule has 3 nitrogen and oxygen atoms in total. The van der Waals surface area contributed by atoms with Gasteiger partial charge in [0.25, 0.3) is 0 Å². The van der Waals surface area contributed by atoms with Crippen LogP contribution in [0.2, 0.25) is 0 Å². The van der Waals surface area contributed by atoms with Crippen molar-refractivity contribution in [3.8, 4) is 0 Å². The fourth-order valence-electron chi connectivity index (χ4n) is 1.80. The highest BCUT2D eigenvalue weighted by atomic mass is 32.1. The molecule has 0 saturated carbocycles. The Labute approximate surface area is 94.6 Å². The Hall–Kier alpha value is -0.420. The minimum absolute atomic E-state index is 0.0600. The monoisotopic (exact) mass is 226 g/mol. The van der Waals surface area contributed by atoms with E-state index >= 15 is 0 Å². The van der Waals surface area contributed by atoms with Crippen molar-refractivity contribution >= 4 is 11.3 Å². The van der Waals surface area contributed by atoms with Gasteiger partial charge < -0.3 is 15.8 Å². The first-order valence-corrected chi connectivity index (χ1v) is 6.26. The maximum Gasteiger partial charge on any atom is 0.0484 e. The second-order valence-electron chi connectivity index (χ2n) is 4.16. The van der Waals surface area contributed by atoms with Crippen LogP contribution in [-0.2, 0) is 11.3 Å². The molecule has 1 aliphatic rings. The molecule has 3 N–H and O–H groups in total. The topological polar surface area (TPSA) is 47.3 Å². The van der Waals surface area contributed by atoms with Crippen molar-refractivity contribution in [2.45, 2.75) is 24.9 Å². The smallest absolute Gasteiger partial charge is 0.0484 e. The lowest BCUT2D eigenvalue weighted by Gasteiger charge is -2.33. The predicted molar refractivity (Wildman–Crippen MR) is 63.0 cm³/mol. The Morgan fingerprint density at radius 3 is 2.93 bits per heavy atom. The minimum Gasteiger partial charge on any atom is -0.381 e.